The van der Waals surface area contributed by atoms with Crippen molar-refractivity contribution in [1.29, 1.82) is 5.26 Å². The van der Waals surface area contributed by atoms with Crippen LogP contribution >= 0.6 is 0 Å². The van der Waals surface area contributed by atoms with Crippen LogP contribution in [0, 0.1) is 17.2 Å². The highest BCUT2D eigenvalue weighted by Gasteiger charge is 2.34. The van der Waals surface area contributed by atoms with Gasteiger partial charge in [0.15, 0.2) is 5.78 Å². The highest BCUT2D eigenvalue weighted by molar-refractivity contribution is 7.84. The Kier molecular flexibility index (Phi) is 9.69. The fourth-order valence-corrected chi connectivity index (χ4v) is 6.50. The highest BCUT2D eigenvalue weighted by Crippen LogP contribution is 2.24. The number of nitrogens with one attached hydrogen (secondary N) is 1. The van der Waals surface area contributed by atoms with Crippen LogP contribution < -0.4 is 5.32 Å². The molecule has 3 aromatic carbocycles. The Hall–Kier alpha value is -4.17. The fourth-order valence-electron chi connectivity index (χ4n) is 5.98. The number of likely N-dealkylation sites (tertiary alicyclic amines) is 2. The summed E-state index contributed by atoms with van der Waals surface area (Å²) in [7, 11) is -1.09. The highest BCUT2D eigenvalue weighted by atomic mass is 32.2. The molecule has 228 valence electrons. The zero-order chi connectivity index (χ0) is 31.3. The third kappa shape index (κ3) is 7.48. The van der Waals surface area contributed by atoms with Gasteiger partial charge in [0.25, 0.3) is 11.8 Å². The predicted octanol–water partition coefficient (Wildman–Crippen LogP) is 4.33. The van der Waals surface area contributed by atoms with E-state index < -0.39 is 10.8 Å². The van der Waals surface area contributed by atoms with Gasteiger partial charge in [-0.15, -0.1) is 0 Å². The van der Waals surface area contributed by atoms with Crippen molar-refractivity contribution in [3.63, 3.8) is 0 Å². The quantitative estimate of drug-likeness (QED) is 0.288. The van der Waals surface area contributed by atoms with Crippen molar-refractivity contribution in [3.8, 4) is 6.07 Å². The third-order valence-corrected chi connectivity index (χ3v) is 9.64. The van der Waals surface area contributed by atoms with Crippen LogP contribution in [0.15, 0.2) is 77.7 Å². The van der Waals surface area contributed by atoms with Gasteiger partial charge in [0.05, 0.1) is 11.6 Å². The molecule has 2 fully saturated rings. The number of Topliss-reactive ketones (excluding diaryl/α,β-unsaturated/α-hetero) is 1. The molecule has 2 N–H and O–H groups in total. The smallest absolute Gasteiger partial charge is 0.253 e. The predicted molar refractivity (Wildman–Crippen MR) is 165 cm³/mol. The van der Waals surface area contributed by atoms with E-state index in [2.05, 4.69) is 11.4 Å². The Morgan fingerprint density at radius 2 is 1.45 bits per heavy atom. The van der Waals surface area contributed by atoms with Gasteiger partial charge in [-0.2, -0.15) is 9.91 Å². The summed E-state index contributed by atoms with van der Waals surface area (Å²) in [5.74, 6) is -0.441. The first-order chi connectivity index (χ1) is 21.1. The maximum absolute atomic E-state index is 13.1. The molecule has 9 nitrogen and oxygen atoms in total. The summed E-state index contributed by atoms with van der Waals surface area (Å²) in [5, 5.41) is 23.1. The molecule has 0 aliphatic carbocycles. The lowest BCUT2D eigenvalue weighted by molar-refractivity contribution is -1.12. The summed E-state index contributed by atoms with van der Waals surface area (Å²) in [6.07, 6.45) is 4.04. The number of hydrogen-bond donors (Lipinski definition) is 2. The number of rotatable bonds is 8. The molecule has 44 heavy (non-hydrogen) atoms. The van der Waals surface area contributed by atoms with Gasteiger partial charge in [-0.1, -0.05) is 24.3 Å². The van der Waals surface area contributed by atoms with E-state index in [4.69, 9.17) is 5.26 Å². The Labute approximate surface area is 260 Å². The van der Waals surface area contributed by atoms with Gasteiger partial charge in [-0.25, -0.2) is 5.21 Å². The summed E-state index contributed by atoms with van der Waals surface area (Å²) in [6, 6.07) is 22.8. The molecule has 0 aromatic heterocycles. The summed E-state index contributed by atoms with van der Waals surface area (Å²) < 4.78 is 11.5. The standard InChI is InChI=1S/C34H36N4O5S/c1-44(43)31-12-10-26(11-13-31)32(39)27-14-18-37(19-15-27)34(41)29-8-6-28(7-9-29)33(40)36-30-16-20-38(42,21-17-30)23-25-4-2-24(22-35)3-5-25/h2-13,27,30,42H,14-21,23H2,1H3/p+1. The summed E-state index contributed by atoms with van der Waals surface area (Å²) in [5.41, 5.74) is 3.11. The zero-order valence-electron chi connectivity index (χ0n) is 24.8. The average Bonchev–Trinajstić information content (AvgIpc) is 3.05. The number of nitriles is 1. The number of quaternary nitrogens is 1. The monoisotopic (exact) mass is 613 g/mol. The fraction of sp³-hybridized carbons (Fsp3) is 0.353. The molecule has 2 aliphatic heterocycles. The van der Waals surface area contributed by atoms with Crippen LogP contribution in [0.1, 0.15) is 67.9 Å². The van der Waals surface area contributed by atoms with Gasteiger partial charge in [-0.3, -0.25) is 18.6 Å². The molecule has 2 amide bonds. The molecule has 0 bridgehead atoms. The first kappa shape index (κ1) is 31.3. The average molecular weight is 614 g/mol. The number of piperidine rings is 2. The first-order valence-electron chi connectivity index (χ1n) is 14.9. The molecule has 5 rings (SSSR count). The second-order valence-electron chi connectivity index (χ2n) is 11.7. The van der Waals surface area contributed by atoms with Gasteiger partial charge in [-0.05, 0) is 61.4 Å². The molecule has 0 saturated carbocycles. The van der Waals surface area contributed by atoms with Crippen LogP contribution in [0.25, 0.3) is 0 Å². The molecule has 2 heterocycles. The molecule has 2 saturated heterocycles. The summed E-state index contributed by atoms with van der Waals surface area (Å²) >= 11 is 0. The van der Waals surface area contributed by atoms with Crippen molar-refractivity contribution in [2.24, 2.45) is 5.92 Å². The van der Waals surface area contributed by atoms with E-state index in [-0.39, 0.29) is 34.2 Å². The number of benzene rings is 3. The van der Waals surface area contributed by atoms with Crippen molar-refractivity contribution in [1.82, 2.24) is 10.2 Å². The second-order valence-corrected chi connectivity index (χ2v) is 13.1. The maximum Gasteiger partial charge on any atom is 0.253 e. The van der Waals surface area contributed by atoms with E-state index in [1.54, 1.807) is 71.8 Å². The Morgan fingerprint density at radius 3 is 2.02 bits per heavy atom. The van der Waals surface area contributed by atoms with Crippen LogP contribution in [0.5, 0.6) is 0 Å². The topological polar surface area (TPSA) is 128 Å². The molecule has 1 unspecified atom stereocenters. The molecule has 3 aromatic rings. The van der Waals surface area contributed by atoms with E-state index in [0.717, 1.165) is 5.56 Å². The molecular formula is C34H37N4O5S+. The van der Waals surface area contributed by atoms with Crippen LogP contribution in [0.4, 0.5) is 0 Å². The van der Waals surface area contributed by atoms with Crippen molar-refractivity contribution in [3.05, 3.63) is 101 Å². The number of hydroxylamine groups is 3. The lowest BCUT2D eigenvalue weighted by Crippen LogP contribution is -2.54. The van der Waals surface area contributed by atoms with Gasteiger partial charge in [0.1, 0.15) is 19.6 Å². The molecular weight excluding hydrogens is 576 g/mol. The zero-order valence-corrected chi connectivity index (χ0v) is 25.6. The van der Waals surface area contributed by atoms with Gasteiger partial charge in [0, 0.05) is 82.1 Å². The van der Waals surface area contributed by atoms with E-state index in [1.165, 1.54) is 0 Å². The number of nitrogens with zero attached hydrogens (tertiary/aromatic N) is 3. The number of carbonyl (C=O) groups is 3. The Morgan fingerprint density at radius 1 is 0.886 bits per heavy atom. The van der Waals surface area contributed by atoms with Crippen LogP contribution in [-0.4, -0.2) is 75.0 Å². The minimum absolute atomic E-state index is 0.0498. The largest absolute Gasteiger partial charge is 0.349 e. The number of ketones is 1. The van der Waals surface area contributed by atoms with Crippen molar-refractivity contribution < 1.29 is 28.4 Å². The molecule has 0 radical (unpaired) electrons. The van der Waals surface area contributed by atoms with Crippen LogP contribution in [0.3, 0.4) is 0 Å². The molecule has 10 heteroatoms. The maximum atomic E-state index is 13.1. The molecule has 1 atom stereocenters. The summed E-state index contributed by atoms with van der Waals surface area (Å²) in [4.78, 5) is 41.5. The minimum Gasteiger partial charge on any atom is -0.349 e. The van der Waals surface area contributed by atoms with Crippen LogP contribution in [-0.2, 0) is 17.3 Å². The van der Waals surface area contributed by atoms with Crippen LogP contribution in [0.2, 0.25) is 0 Å². The minimum atomic E-state index is -1.09. The molecule has 0 spiro atoms. The first-order valence-corrected chi connectivity index (χ1v) is 16.5. The second kappa shape index (κ2) is 13.6. The van der Waals surface area contributed by atoms with E-state index in [0.29, 0.717) is 85.6 Å². The van der Waals surface area contributed by atoms with Gasteiger partial charge < -0.3 is 10.2 Å². The third-order valence-electron chi connectivity index (χ3n) is 8.70. The van der Waals surface area contributed by atoms with Gasteiger partial charge in [0.2, 0.25) is 0 Å². The molecule has 2 aliphatic rings. The van der Waals surface area contributed by atoms with E-state index >= 15 is 0 Å². The number of carbonyl (C=O) groups excluding carboxylic acids is 3. The van der Waals surface area contributed by atoms with E-state index in [1.807, 2.05) is 12.1 Å². The van der Waals surface area contributed by atoms with E-state index in [9.17, 15) is 23.8 Å². The Balaban J connectivity index is 1.08. The SMILES string of the molecule is CS(=O)c1ccc(C(=O)C2CCN(C(=O)c3ccc(C(=O)NC4CC[N+](O)(Cc5ccc(C#N)cc5)CC4)cc3)CC2)cc1. The van der Waals surface area contributed by atoms with Gasteiger partial charge >= 0.3 is 0 Å². The van der Waals surface area contributed by atoms with Crippen molar-refractivity contribution >= 4 is 28.4 Å². The van der Waals surface area contributed by atoms with Crippen molar-refractivity contribution in [2.75, 3.05) is 32.4 Å². The van der Waals surface area contributed by atoms with Crippen molar-refractivity contribution in [2.45, 2.75) is 43.2 Å². The Bertz CT molecular complexity index is 1570. The number of amides is 2. The lowest BCUT2D eigenvalue weighted by atomic mass is 9.88. The normalized spacial score (nSPS) is 21.2. The summed E-state index contributed by atoms with van der Waals surface area (Å²) in [6.45, 7) is 2.42. The lowest BCUT2D eigenvalue weighted by Gasteiger charge is -2.37. The number of hydrogen-bond acceptors (Lipinski definition) is 6.